The summed E-state index contributed by atoms with van der Waals surface area (Å²) in [5, 5.41) is 0.273. The van der Waals surface area contributed by atoms with Crippen LogP contribution in [0.3, 0.4) is 0 Å². The molecule has 23 heavy (non-hydrogen) atoms. The van der Waals surface area contributed by atoms with Gasteiger partial charge in [0.05, 0.1) is 43.2 Å². The molecular weight excluding hydrogens is 320 g/mol. The minimum Gasteiger partial charge on any atom is -0.378 e. The SMILES string of the molecule is CC1(C)COCCN1C(=O)c1nc(N2CCOCC2)ncc1Cl. The highest BCUT2D eigenvalue weighted by molar-refractivity contribution is 6.33. The highest BCUT2D eigenvalue weighted by Gasteiger charge is 2.36. The molecule has 0 unspecified atom stereocenters. The number of carbonyl (C=O) groups is 1. The van der Waals surface area contributed by atoms with Crippen molar-refractivity contribution in [2.75, 3.05) is 51.0 Å². The molecule has 2 aliphatic heterocycles. The number of aromatic nitrogens is 2. The summed E-state index contributed by atoms with van der Waals surface area (Å²) >= 11 is 6.20. The minimum absolute atomic E-state index is 0.180. The predicted octanol–water partition coefficient (Wildman–Crippen LogP) is 1.22. The molecule has 0 atom stereocenters. The number of morpholine rings is 2. The molecule has 7 nitrogen and oxygen atoms in total. The van der Waals surface area contributed by atoms with Crippen molar-refractivity contribution in [1.82, 2.24) is 14.9 Å². The van der Waals surface area contributed by atoms with Gasteiger partial charge in [0, 0.05) is 19.6 Å². The quantitative estimate of drug-likeness (QED) is 0.806. The number of halogens is 1. The van der Waals surface area contributed by atoms with Crippen molar-refractivity contribution < 1.29 is 14.3 Å². The molecule has 2 aliphatic rings. The number of nitrogens with zero attached hydrogens (tertiary/aromatic N) is 4. The number of hydrogen-bond donors (Lipinski definition) is 0. The molecule has 0 N–H and O–H groups in total. The van der Waals surface area contributed by atoms with E-state index in [1.807, 2.05) is 18.7 Å². The van der Waals surface area contributed by atoms with E-state index in [0.29, 0.717) is 52.0 Å². The summed E-state index contributed by atoms with van der Waals surface area (Å²) in [6.07, 6.45) is 1.50. The number of ether oxygens (including phenoxy) is 2. The van der Waals surface area contributed by atoms with E-state index in [2.05, 4.69) is 9.97 Å². The Bertz CT molecular complexity index is 590. The fourth-order valence-corrected chi connectivity index (χ4v) is 2.96. The number of carbonyl (C=O) groups excluding carboxylic acids is 1. The Balaban J connectivity index is 1.87. The second-order valence-corrected chi connectivity index (χ2v) is 6.69. The Kier molecular flexibility index (Phi) is 4.70. The van der Waals surface area contributed by atoms with Gasteiger partial charge in [0.1, 0.15) is 0 Å². The molecule has 1 amide bonds. The van der Waals surface area contributed by atoms with Gasteiger partial charge < -0.3 is 19.3 Å². The Morgan fingerprint density at radius 3 is 2.61 bits per heavy atom. The molecule has 1 aromatic heterocycles. The van der Waals surface area contributed by atoms with Crippen LogP contribution in [-0.4, -0.2) is 72.4 Å². The van der Waals surface area contributed by atoms with E-state index in [1.165, 1.54) is 6.20 Å². The molecule has 0 spiro atoms. The van der Waals surface area contributed by atoms with Gasteiger partial charge in [-0.05, 0) is 13.8 Å². The van der Waals surface area contributed by atoms with Crippen LogP contribution in [0.2, 0.25) is 5.02 Å². The third kappa shape index (κ3) is 3.41. The van der Waals surface area contributed by atoms with Gasteiger partial charge in [-0.15, -0.1) is 0 Å². The van der Waals surface area contributed by atoms with Crippen LogP contribution in [0.25, 0.3) is 0 Å². The van der Waals surface area contributed by atoms with E-state index in [4.69, 9.17) is 21.1 Å². The van der Waals surface area contributed by atoms with Crippen LogP contribution in [0.4, 0.5) is 5.95 Å². The lowest BCUT2D eigenvalue weighted by Gasteiger charge is -2.42. The van der Waals surface area contributed by atoms with Gasteiger partial charge in [0.25, 0.3) is 5.91 Å². The van der Waals surface area contributed by atoms with Crippen LogP contribution < -0.4 is 4.90 Å². The summed E-state index contributed by atoms with van der Waals surface area (Å²) in [7, 11) is 0. The molecule has 2 saturated heterocycles. The summed E-state index contributed by atoms with van der Waals surface area (Å²) in [4.78, 5) is 25.4. The standard InChI is InChI=1S/C15H21ClN4O3/c1-15(2)10-23-8-5-20(15)13(21)12-11(16)9-17-14(18-12)19-3-6-22-7-4-19/h9H,3-8,10H2,1-2H3. The molecule has 2 fully saturated rings. The van der Waals surface area contributed by atoms with Gasteiger partial charge in [-0.25, -0.2) is 9.97 Å². The van der Waals surface area contributed by atoms with Gasteiger partial charge in [0.15, 0.2) is 5.69 Å². The van der Waals surface area contributed by atoms with Crippen LogP contribution in [-0.2, 0) is 9.47 Å². The molecule has 0 saturated carbocycles. The van der Waals surface area contributed by atoms with Crippen molar-refractivity contribution in [3.8, 4) is 0 Å². The summed E-state index contributed by atoms with van der Waals surface area (Å²) in [6, 6.07) is 0. The molecule has 3 heterocycles. The number of hydrogen-bond acceptors (Lipinski definition) is 6. The first-order valence-corrected chi connectivity index (χ1v) is 8.12. The summed E-state index contributed by atoms with van der Waals surface area (Å²) < 4.78 is 10.8. The molecule has 3 rings (SSSR count). The first kappa shape index (κ1) is 16.4. The third-order valence-electron chi connectivity index (χ3n) is 4.12. The topological polar surface area (TPSA) is 67.8 Å². The lowest BCUT2D eigenvalue weighted by molar-refractivity contribution is -0.0373. The smallest absolute Gasteiger partial charge is 0.274 e. The molecule has 1 aromatic rings. The van der Waals surface area contributed by atoms with Gasteiger partial charge in [-0.1, -0.05) is 11.6 Å². The average Bonchev–Trinajstić information content (AvgIpc) is 2.55. The van der Waals surface area contributed by atoms with Crippen LogP contribution >= 0.6 is 11.6 Å². The van der Waals surface area contributed by atoms with E-state index < -0.39 is 0 Å². The third-order valence-corrected chi connectivity index (χ3v) is 4.39. The Morgan fingerprint density at radius 1 is 1.22 bits per heavy atom. The number of rotatable bonds is 2. The van der Waals surface area contributed by atoms with Crippen LogP contribution in [0.1, 0.15) is 24.3 Å². The van der Waals surface area contributed by atoms with E-state index in [0.717, 1.165) is 0 Å². The fraction of sp³-hybridized carbons (Fsp3) is 0.667. The maximum Gasteiger partial charge on any atom is 0.274 e. The van der Waals surface area contributed by atoms with Crippen molar-refractivity contribution in [3.63, 3.8) is 0 Å². The molecule has 0 aliphatic carbocycles. The predicted molar refractivity (Wildman–Crippen MR) is 86.0 cm³/mol. The van der Waals surface area contributed by atoms with E-state index in [1.54, 1.807) is 4.90 Å². The van der Waals surface area contributed by atoms with Gasteiger partial charge >= 0.3 is 0 Å². The van der Waals surface area contributed by atoms with Crippen molar-refractivity contribution in [3.05, 3.63) is 16.9 Å². The van der Waals surface area contributed by atoms with Crippen molar-refractivity contribution in [2.45, 2.75) is 19.4 Å². The van der Waals surface area contributed by atoms with Gasteiger partial charge in [-0.3, -0.25) is 4.79 Å². The van der Waals surface area contributed by atoms with Crippen molar-refractivity contribution in [1.29, 1.82) is 0 Å². The van der Waals surface area contributed by atoms with Gasteiger partial charge in [-0.2, -0.15) is 0 Å². The summed E-state index contributed by atoms with van der Waals surface area (Å²) in [6.45, 7) is 8.17. The molecule has 0 radical (unpaired) electrons. The molecule has 126 valence electrons. The largest absolute Gasteiger partial charge is 0.378 e. The highest BCUT2D eigenvalue weighted by Crippen LogP contribution is 2.25. The lowest BCUT2D eigenvalue weighted by atomic mass is 10.0. The zero-order valence-electron chi connectivity index (χ0n) is 13.4. The van der Waals surface area contributed by atoms with Crippen molar-refractivity contribution in [2.24, 2.45) is 0 Å². The monoisotopic (exact) mass is 340 g/mol. The van der Waals surface area contributed by atoms with E-state index >= 15 is 0 Å². The normalized spacial score (nSPS) is 21.3. The average molecular weight is 341 g/mol. The summed E-state index contributed by atoms with van der Waals surface area (Å²) in [5.74, 6) is 0.340. The first-order valence-electron chi connectivity index (χ1n) is 7.74. The Morgan fingerprint density at radius 2 is 1.91 bits per heavy atom. The van der Waals surface area contributed by atoms with Crippen LogP contribution in [0, 0.1) is 0 Å². The molecular formula is C15H21ClN4O3. The van der Waals surface area contributed by atoms with Crippen LogP contribution in [0.15, 0.2) is 6.20 Å². The molecule has 8 heteroatoms. The second kappa shape index (κ2) is 6.59. The first-order chi connectivity index (χ1) is 11.0. The summed E-state index contributed by atoms with van der Waals surface area (Å²) in [5.41, 5.74) is -0.138. The second-order valence-electron chi connectivity index (χ2n) is 6.29. The van der Waals surface area contributed by atoms with Crippen molar-refractivity contribution >= 4 is 23.5 Å². The zero-order chi connectivity index (χ0) is 16.4. The zero-order valence-corrected chi connectivity index (χ0v) is 14.2. The maximum atomic E-state index is 12.9. The lowest BCUT2D eigenvalue weighted by Crippen LogP contribution is -2.55. The number of amides is 1. The molecule has 0 aromatic carbocycles. The van der Waals surface area contributed by atoms with E-state index in [-0.39, 0.29) is 22.2 Å². The van der Waals surface area contributed by atoms with Crippen LogP contribution in [0.5, 0.6) is 0 Å². The highest BCUT2D eigenvalue weighted by atomic mass is 35.5. The fourth-order valence-electron chi connectivity index (χ4n) is 2.79. The van der Waals surface area contributed by atoms with Gasteiger partial charge in [0.2, 0.25) is 5.95 Å². The molecule has 0 bridgehead atoms. The Labute approximate surface area is 140 Å². The number of anilines is 1. The Hall–Kier alpha value is -1.44. The minimum atomic E-state index is -0.386. The van der Waals surface area contributed by atoms with E-state index in [9.17, 15) is 4.79 Å². The maximum absolute atomic E-state index is 12.9.